The van der Waals surface area contributed by atoms with E-state index in [1.165, 1.54) is 48.9 Å². The second-order valence-electron chi connectivity index (χ2n) is 7.34. The van der Waals surface area contributed by atoms with Gasteiger partial charge in [0.1, 0.15) is 5.75 Å². The van der Waals surface area contributed by atoms with E-state index in [1.807, 2.05) is 0 Å². The van der Waals surface area contributed by atoms with E-state index in [9.17, 15) is 13.2 Å². The van der Waals surface area contributed by atoms with Crippen LogP contribution in [0.3, 0.4) is 0 Å². The van der Waals surface area contributed by atoms with Crippen molar-refractivity contribution in [2.24, 2.45) is 0 Å². The normalized spacial score (nSPS) is 16.0. The molecule has 0 saturated heterocycles. The van der Waals surface area contributed by atoms with Gasteiger partial charge in [-0.2, -0.15) is 0 Å². The number of carbonyl (C=O) groups is 1. The monoisotopic (exact) mass is 470 g/mol. The molecule has 3 rings (SSSR count). The van der Waals surface area contributed by atoms with Crippen molar-refractivity contribution in [1.29, 1.82) is 0 Å². The Morgan fingerprint density at radius 3 is 2.23 bits per heavy atom. The van der Waals surface area contributed by atoms with E-state index in [0.29, 0.717) is 15.8 Å². The summed E-state index contributed by atoms with van der Waals surface area (Å²) >= 11 is 11.8. The van der Waals surface area contributed by atoms with Crippen LogP contribution < -0.4 is 14.8 Å². The molecule has 0 bridgehead atoms. The number of ether oxygens (including phenoxy) is 1. The van der Waals surface area contributed by atoms with Crippen LogP contribution in [0.25, 0.3) is 0 Å². The fraction of sp³-hybridized carbons (Fsp3) is 0.381. The summed E-state index contributed by atoms with van der Waals surface area (Å²) in [6.07, 6.45) is 4.79. The molecule has 0 unspecified atom stereocenters. The highest BCUT2D eigenvalue weighted by molar-refractivity contribution is 7.92. The number of sulfonamides is 1. The first-order chi connectivity index (χ1) is 14.2. The van der Waals surface area contributed by atoms with Gasteiger partial charge < -0.3 is 10.1 Å². The lowest BCUT2D eigenvalue weighted by Gasteiger charge is -2.24. The average molecular weight is 471 g/mol. The molecule has 1 amide bonds. The first kappa shape index (κ1) is 22.7. The van der Waals surface area contributed by atoms with Crippen LogP contribution in [0.2, 0.25) is 10.0 Å². The molecule has 1 atom stereocenters. The zero-order chi connectivity index (χ0) is 21.7. The lowest BCUT2D eigenvalue weighted by Crippen LogP contribution is -2.43. The van der Waals surface area contributed by atoms with Gasteiger partial charge in [-0.05, 0) is 62.2 Å². The number of amides is 1. The number of anilines is 1. The zero-order valence-corrected chi connectivity index (χ0v) is 18.9. The molecule has 0 aliphatic heterocycles. The van der Waals surface area contributed by atoms with Crippen molar-refractivity contribution in [3.8, 4) is 5.75 Å². The molecule has 1 fully saturated rings. The van der Waals surface area contributed by atoms with Crippen LogP contribution >= 0.6 is 23.2 Å². The summed E-state index contributed by atoms with van der Waals surface area (Å²) in [6.45, 7) is 1.67. The topological polar surface area (TPSA) is 84.5 Å². The van der Waals surface area contributed by atoms with Crippen molar-refractivity contribution in [3.05, 3.63) is 52.5 Å². The lowest BCUT2D eigenvalue weighted by molar-refractivity contribution is -0.128. The lowest BCUT2D eigenvalue weighted by atomic mass is 9.95. The molecule has 0 heterocycles. The predicted octanol–water partition coefficient (Wildman–Crippen LogP) is 5.01. The Kier molecular flexibility index (Phi) is 7.50. The summed E-state index contributed by atoms with van der Waals surface area (Å²) < 4.78 is 33.3. The van der Waals surface area contributed by atoms with Gasteiger partial charge in [-0.3, -0.25) is 9.52 Å². The third-order valence-corrected chi connectivity index (χ3v) is 6.72. The molecule has 2 aromatic carbocycles. The number of benzene rings is 2. The van der Waals surface area contributed by atoms with E-state index in [2.05, 4.69) is 10.0 Å². The van der Waals surface area contributed by atoms with Gasteiger partial charge in [0.15, 0.2) is 6.10 Å². The largest absolute Gasteiger partial charge is 0.481 e. The summed E-state index contributed by atoms with van der Waals surface area (Å²) in [4.78, 5) is 12.4. The summed E-state index contributed by atoms with van der Waals surface area (Å²) in [5.74, 6) is 0.240. The van der Waals surface area contributed by atoms with Crippen molar-refractivity contribution in [2.45, 2.75) is 56.1 Å². The highest BCUT2D eigenvalue weighted by Crippen LogP contribution is 2.25. The van der Waals surface area contributed by atoms with E-state index in [1.54, 1.807) is 6.92 Å². The average Bonchev–Trinajstić information content (AvgIpc) is 2.68. The van der Waals surface area contributed by atoms with Crippen LogP contribution in [-0.2, 0) is 14.8 Å². The quantitative estimate of drug-likeness (QED) is 0.595. The second-order valence-corrected chi connectivity index (χ2v) is 9.89. The Labute approximate surface area is 187 Å². The Bertz CT molecular complexity index is 970. The fourth-order valence-electron chi connectivity index (χ4n) is 3.35. The molecule has 0 aromatic heterocycles. The van der Waals surface area contributed by atoms with Crippen molar-refractivity contribution < 1.29 is 17.9 Å². The predicted molar refractivity (Wildman–Crippen MR) is 119 cm³/mol. The number of hydrogen-bond donors (Lipinski definition) is 2. The maximum absolute atomic E-state index is 12.6. The van der Waals surface area contributed by atoms with Gasteiger partial charge in [0.25, 0.3) is 15.9 Å². The molecule has 1 aliphatic carbocycles. The summed E-state index contributed by atoms with van der Waals surface area (Å²) in [5, 5.41) is 3.67. The van der Waals surface area contributed by atoms with Crippen LogP contribution in [0.4, 0.5) is 5.69 Å². The highest BCUT2D eigenvalue weighted by atomic mass is 35.5. The third kappa shape index (κ3) is 6.27. The van der Waals surface area contributed by atoms with Gasteiger partial charge in [-0.25, -0.2) is 8.42 Å². The van der Waals surface area contributed by atoms with E-state index in [-0.39, 0.29) is 22.5 Å². The minimum absolute atomic E-state index is 0.0465. The van der Waals surface area contributed by atoms with Crippen LogP contribution in [0.15, 0.2) is 47.4 Å². The number of carbonyl (C=O) groups excluding carboxylic acids is 1. The van der Waals surface area contributed by atoms with Crippen molar-refractivity contribution in [3.63, 3.8) is 0 Å². The molecule has 2 aromatic rings. The molecule has 6 nitrogen and oxygen atoms in total. The van der Waals surface area contributed by atoms with Gasteiger partial charge >= 0.3 is 0 Å². The van der Waals surface area contributed by atoms with Gasteiger partial charge in [0, 0.05) is 16.1 Å². The second kappa shape index (κ2) is 9.90. The van der Waals surface area contributed by atoms with Gasteiger partial charge in [-0.15, -0.1) is 0 Å². The van der Waals surface area contributed by atoms with Crippen molar-refractivity contribution in [1.82, 2.24) is 5.32 Å². The molecular weight excluding hydrogens is 447 g/mol. The first-order valence-corrected chi connectivity index (χ1v) is 12.0. The Hall–Kier alpha value is -1.96. The minimum atomic E-state index is -3.83. The molecule has 0 radical (unpaired) electrons. The summed E-state index contributed by atoms with van der Waals surface area (Å²) in [5.41, 5.74) is 0.265. The standard InChI is InChI=1S/C21H24Cl2N2O4S/c1-14(21(26)24-17-5-3-2-4-6-17)29-19-7-9-20(10-8-19)30(27,28)25-18-12-15(22)11-16(23)13-18/h7-14,17,25H,2-6H2,1H3,(H,24,26)/t14-/m1/s1. The Balaban J connectivity index is 1.61. The third-order valence-electron chi connectivity index (χ3n) is 4.88. The molecule has 2 N–H and O–H groups in total. The number of halogens is 2. The number of nitrogens with one attached hydrogen (secondary N) is 2. The van der Waals surface area contributed by atoms with Gasteiger partial charge in [-0.1, -0.05) is 42.5 Å². The molecular formula is C21H24Cl2N2O4S. The maximum Gasteiger partial charge on any atom is 0.261 e. The van der Waals surface area contributed by atoms with E-state index < -0.39 is 16.1 Å². The number of hydrogen-bond acceptors (Lipinski definition) is 4. The van der Waals surface area contributed by atoms with Crippen molar-refractivity contribution >= 4 is 44.8 Å². The minimum Gasteiger partial charge on any atom is -0.481 e. The molecule has 9 heteroatoms. The first-order valence-electron chi connectivity index (χ1n) is 9.79. The van der Waals surface area contributed by atoms with Gasteiger partial charge in [0.2, 0.25) is 0 Å². The SMILES string of the molecule is C[C@@H](Oc1ccc(S(=O)(=O)Nc2cc(Cl)cc(Cl)c2)cc1)C(=O)NC1CCCCC1. The molecule has 162 valence electrons. The van der Waals surface area contributed by atoms with Crippen molar-refractivity contribution in [2.75, 3.05) is 4.72 Å². The molecule has 1 aliphatic rings. The summed E-state index contributed by atoms with van der Waals surface area (Å²) in [6, 6.07) is 10.5. The fourth-order valence-corrected chi connectivity index (χ4v) is 4.91. The smallest absolute Gasteiger partial charge is 0.261 e. The highest BCUT2D eigenvalue weighted by Gasteiger charge is 2.21. The van der Waals surface area contributed by atoms with Crippen LogP contribution in [-0.4, -0.2) is 26.5 Å². The van der Waals surface area contributed by atoms with Crippen LogP contribution in [0.5, 0.6) is 5.75 Å². The van der Waals surface area contributed by atoms with E-state index >= 15 is 0 Å². The van der Waals surface area contributed by atoms with Gasteiger partial charge in [0.05, 0.1) is 10.6 Å². The maximum atomic E-state index is 12.6. The number of rotatable bonds is 7. The van der Waals surface area contributed by atoms with Crippen LogP contribution in [0.1, 0.15) is 39.0 Å². The Morgan fingerprint density at radius 1 is 1.03 bits per heavy atom. The Morgan fingerprint density at radius 2 is 1.63 bits per heavy atom. The van der Waals surface area contributed by atoms with E-state index in [0.717, 1.165) is 25.7 Å². The molecule has 0 spiro atoms. The summed E-state index contributed by atoms with van der Waals surface area (Å²) in [7, 11) is -3.83. The zero-order valence-electron chi connectivity index (χ0n) is 16.5. The molecule has 30 heavy (non-hydrogen) atoms. The van der Waals surface area contributed by atoms with E-state index in [4.69, 9.17) is 27.9 Å². The molecule has 1 saturated carbocycles. The van der Waals surface area contributed by atoms with Crippen LogP contribution in [0, 0.1) is 0 Å².